The maximum absolute atomic E-state index is 6.09. The van der Waals surface area contributed by atoms with Crippen LogP contribution in [0.2, 0.25) is 10.0 Å². The molecule has 1 fully saturated rings. The maximum Gasteiger partial charge on any atom is 0.181 e. The molecular weight excluding hydrogens is 403 g/mol. The van der Waals surface area contributed by atoms with Gasteiger partial charge in [-0.15, -0.1) is 12.4 Å². The highest BCUT2D eigenvalue weighted by Crippen LogP contribution is 2.24. The van der Waals surface area contributed by atoms with E-state index in [1.54, 1.807) is 6.07 Å². The number of hydrogen-bond donors (Lipinski definition) is 1. The average Bonchev–Trinajstić information content (AvgIpc) is 3.31. The van der Waals surface area contributed by atoms with Crippen molar-refractivity contribution in [2.24, 2.45) is 0 Å². The number of hydrogen-bond acceptors (Lipinski definition) is 3. The topological polar surface area (TPSA) is 44.8 Å². The van der Waals surface area contributed by atoms with Crippen LogP contribution in [0.3, 0.4) is 0 Å². The Morgan fingerprint density at radius 1 is 0.963 bits per heavy atom. The number of aromatic amines is 1. The van der Waals surface area contributed by atoms with Gasteiger partial charge in [0.25, 0.3) is 0 Å². The Bertz CT molecular complexity index is 904. The summed E-state index contributed by atoms with van der Waals surface area (Å²) in [6.45, 7) is 3.38. The van der Waals surface area contributed by atoms with Gasteiger partial charge in [-0.3, -0.25) is 10.00 Å². The highest BCUT2D eigenvalue weighted by Gasteiger charge is 2.13. The molecule has 2 heterocycles. The van der Waals surface area contributed by atoms with Gasteiger partial charge in [0.1, 0.15) is 5.82 Å². The summed E-state index contributed by atoms with van der Waals surface area (Å²) < 4.78 is 0. The van der Waals surface area contributed by atoms with Gasteiger partial charge >= 0.3 is 0 Å². The molecule has 4 rings (SSSR count). The average molecular weight is 424 g/mol. The molecule has 0 radical (unpaired) electrons. The van der Waals surface area contributed by atoms with E-state index in [2.05, 4.69) is 44.3 Å². The zero-order chi connectivity index (χ0) is 17.9. The number of H-pyrrole nitrogens is 1. The van der Waals surface area contributed by atoms with E-state index >= 15 is 0 Å². The number of rotatable bonds is 5. The quantitative estimate of drug-likeness (QED) is 0.598. The van der Waals surface area contributed by atoms with Crippen molar-refractivity contribution < 1.29 is 0 Å². The van der Waals surface area contributed by atoms with Gasteiger partial charge in [-0.2, -0.15) is 5.10 Å². The van der Waals surface area contributed by atoms with Gasteiger partial charge in [0.15, 0.2) is 5.82 Å². The van der Waals surface area contributed by atoms with Crippen molar-refractivity contribution >= 4 is 35.6 Å². The monoisotopic (exact) mass is 422 g/mol. The Morgan fingerprint density at radius 3 is 2.56 bits per heavy atom. The lowest BCUT2D eigenvalue weighted by Gasteiger charge is -2.14. The first-order valence-corrected chi connectivity index (χ1v) is 9.60. The highest BCUT2D eigenvalue weighted by molar-refractivity contribution is 6.42. The molecule has 0 atom stereocenters. The Hall–Kier alpha value is -1.59. The second-order valence-corrected chi connectivity index (χ2v) is 7.53. The molecule has 0 unspecified atom stereocenters. The van der Waals surface area contributed by atoms with E-state index in [1.165, 1.54) is 31.5 Å². The molecule has 1 aliphatic rings. The molecule has 27 heavy (non-hydrogen) atoms. The first-order valence-electron chi connectivity index (χ1n) is 8.84. The van der Waals surface area contributed by atoms with Crippen LogP contribution >= 0.6 is 35.6 Å². The van der Waals surface area contributed by atoms with E-state index in [4.69, 9.17) is 23.2 Å². The SMILES string of the molecule is Cl.Clc1ccc(Cc2nc(-c3cccc(CN4CCCC4)c3)n[nH]2)cc1Cl. The molecular formula is C20H21Cl3N4. The molecule has 0 amide bonds. The summed E-state index contributed by atoms with van der Waals surface area (Å²) in [5, 5.41) is 8.53. The normalized spacial score (nSPS) is 14.3. The second-order valence-electron chi connectivity index (χ2n) is 6.71. The molecule has 0 bridgehead atoms. The zero-order valence-electron chi connectivity index (χ0n) is 14.8. The fourth-order valence-corrected chi connectivity index (χ4v) is 3.67. The van der Waals surface area contributed by atoms with Crippen molar-refractivity contribution in [3.63, 3.8) is 0 Å². The van der Waals surface area contributed by atoms with Crippen LogP contribution in [0, 0.1) is 0 Å². The van der Waals surface area contributed by atoms with Gasteiger partial charge in [-0.05, 0) is 55.3 Å². The summed E-state index contributed by atoms with van der Waals surface area (Å²) in [6.07, 6.45) is 3.24. The molecule has 1 aromatic heterocycles. The van der Waals surface area contributed by atoms with Crippen LogP contribution in [-0.2, 0) is 13.0 Å². The van der Waals surface area contributed by atoms with Gasteiger partial charge in [-0.25, -0.2) is 4.98 Å². The lowest BCUT2D eigenvalue weighted by Crippen LogP contribution is -2.18. The van der Waals surface area contributed by atoms with Gasteiger partial charge in [0.2, 0.25) is 0 Å². The fourth-order valence-electron chi connectivity index (χ4n) is 3.35. The van der Waals surface area contributed by atoms with E-state index in [-0.39, 0.29) is 12.4 Å². The Labute approximate surface area is 175 Å². The van der Waals surface area contributed by atoms with Crippen LogP contribution in [0.1, 0.15) is 29.8 Å². The number of aromatic nitrogens is 3. The van der Waals surface area contributed by atoms with Gasteiger partial charge in [0, 0.05) is 18.5 Å². The Morgan fingerprint density at radius 2 is 1.78 bits per heavy atom. The molecule has 142 valence electrons. The summed E-state index contributed by atoms with van der Waals surface area (Å²) in [5.41, 5.74) is 3.39. The van der Waals surface area contributed by atoms with Gasteiger partial charge in [0.05, 0.1) is 10.0 Å². The maximum atomic E-state index is 6.09. The van der Waals surface area contributed by atoms with E-state index < -0.39 is 0 Å². The molecule has 2 aromatic carbocycles. The van der Waals surface area contributed by atoms with Crippen LogP contribution in [0.5, 0.6) is 0 Å². The van der Waals surface area contributed by atoms with E-state index in [9.17, 15) is 0 Å². The van der Waals surface area contributed by atoms with Gasteiger partial charge in [-0.1, -0.05) is 47.5 Å². The van der Waals surface area contributed by atoms with Crippen molar-refractivity contribution in [3.05, 3.63) is 69.5 Å². The van der Waals surface area contributed by atoms with E-state index in [0.29, 0.717) is 16.5 Å². The molecule has 3 aromatic rings. The Kier molecular flexibility index (Phi) is 6.77. The van der Waals surface area contributed by atoms with E-state index in [1.807, 2.05) is 12.1 Å². The standard InChI is InChI=1S/C20H20Cl2N4.ClH/c21-17-7-6-14(11-18(17)22)12-19-23-20(25-24-19)16-5-3-4-15(10-16)13-26-8-1-2-9-26;/h3-7,10-11H,1-2,8-9,12-13H2,(H,23,24,25);1H. The number of benzene rings is 2. The van der Waals surface area contributed by atoms with Crippen LogP contribution in [-0.4, -0.2) is 33.2 Å². The fraction of sp³-hybridized carbons (Fsp3) is 0.300. The summed E-state index contributed by atoms with van der Waals surface area (Å²) in [4.78, 5) is 7.14. The molecule has 0 spiro atoms. The minimum atomic E-state index is 0. The number of nitrogens with one attached hydrogen (secondary N) is 1. The zero-order valence-corrected chi connectivity index (χ0v) is 17.1. The minimum absolute atomic E-state index is 0. The molecule has 1 aliphatic heterocycles. The van der Waals surface area contributed by atoms with Crippen LogP contribution in [0.25, 0.3) is 11.4 Å². The molecule has 4 nitrogen and oxygen atoms in total. The first kappa shape index (κ1) is 20.2. The highest BCUT2D eigenvalue weighted by atomic mass is 35.5. The van der Waals surface area contributed by atoms with Crippen molar-refractivity contribution in [2.75, 3.05) is 13.1 Å². The Balaban J connectivity index is 0.00000210. The second kappa shape index (κ2) is 9.07. The van der Waals surface area contributed by atoms with Crippen molar-refractivity contribution in [1.82, 2.24) is 20.1 Å². The van der Waals surface area contributed by atoms with Gasteiger partial charge < -0.3 is 0 Å². The largest absolute Gasteiger partial charge is 0.299 e. The molecule has 0 saturated carbocycles. The van der Waals surface area contributed by atoms with Crippen molar-refractivity contribution in [2.45, 2.75) is 25.8 Å². The van der Waals surface area contributed by atoms with Crippen molar-refractivity contribution in [3.8, 4) is 11.4 Å². The molecule has 1 N–H and O–H groups in total. The first-order chi connectivity index (χ1) is 12.7. The summed E-state index contributed by atoms with van der Waals surface area (Å²) >= 11 is 12.1. The number of halogens is 3. The predicted octanol–water partition coefficient (Wildman–Crippen LogP) is 5.39. The van der Waals surface area contributed by atoms with E-state index in [0.717, 1.165) is 29.3 Å². The smallest absolute Gasteiger partial charge is 0.181 e. The third-order valence-corrected chi connectivity index (χ3v) is 5.42. The molecule has 0 aliphatic carbocycles. The summed E-state index contributed by atoms with van der Waals surface area (Å²) in [5.74, 6) is 1.53. The van der Waals surface area contributed by atoms with Crippen molar-refractivity contribution in [1.29, 1.82) is 0 Å². The van der Waals surface area contributed by atoms with Crippen LogP contribution in [0.15, 0.2) is 42.5 Å². The lowest BCUT2D eigenvalue weighted by atomic mass is 10.1. The third kappa shape index (κ3) is 5.02. The van der Waals surface area contributed by atoms with Crippen LogP contribution in [0.4, 0.5) is 0 Å². The third-order valence-electron chi connectivity index (χ3n) is 4.68. The van der Waals surface area contributed by atoms with Crippen LogP contribution < -0.4 is 0 Å². The number of likely N-dealkylation sites (tertiary alicyclic amines) is 1. The molecule has 1 saturated heterocycles. The minimum Gasteiger partial charge on any atom is -0.299 e. The lowest BCUT2D eigenvalue weighted by molar-refractivity contribution is 0.331. The number of nitrogens with zero attached hydrogens (tertiary/aromatic N) is 3. The summed E-state index contributed by atoms with van der Waals surface area (Å²) in [6, 6.07) is 14.1. The molecule has 7 heteroatoms. The predicted molar refractivity (Wildman–Crippen MR) is 113 cm³/mol. The summed E-state index contributed by atoms with van der Waals surface area (Å²) in [7, 11) is 0.